The molecule has 0 unspecified atom stereocenters. The Kier molecular flexibility index (Phi) is 4.53. The summed E-state index contributed by atoms with van der Waals surface area (Å²) in [5, 5.41) is 5.39. The molecule has 132 valence electrons. The number of aryl methyl sites for hydroxylation is 1. The molecule has 0 amide bonds. The van der Waals surface area contributed by atoms with Crippen molar-refractivity contribution in [3.05, 3.63) is 64.6 Å². The first-order valence-corrected chi connectivity index (χ1v) is 9.14. The van der Waals surface area contributed by atoms with Crippen molar-refractivity contribution in [3.8, 4) is 5.88 Å². The molecule has 0 saturated heterocycles. The summed E-state index contributed by atoms with van der Waals surface area (Å²) in [5.41, 5.74) is 4.24. The fourth-order valence-electron chi connectivity index (χ4n) is 2.80. The Balaban J connectivity index is 1.45. The molecule has 4 rings (SSSR count). The third kappa shape index (κ3) is 3.52. The third-order valence-corrected chi connectivity index (χ3v) is 5.04. The van der Waals surface area contributed by atoms with Gasteiger partial charge in [-0.25, -0.2) is 15.0 Å². The minimum absolute atomic E-state index is 0.611. The molecule has 0 atom stereocenters. The summed E-state index contributed by atoms with van der Waals surface area (Å²) in [5.74, 6) is 0.618. The van der Waals surface area contributed by atoms with Crippen molar-refractivity contribution < 1.29 is 4.74 Å². The highest BCUT2D eigenvalue weighted by Gasteiger charge is 2.09. The third-order valence-electron chi connectivity index (χ3n) is 4.08. The highest BCUT2D eigenvalue weighted by Crippen LogP contribution is 2.25. The number of fused-ring (bicyclic) bond motifs is 1. The van der Waals surface area contributed by atoms with Crippen molar-refractivity contribution >= 4 is 27.5 Å². The van der Waals surface area contributed by atoms with Crippen LogP contribution < -0.4 is 10.1 Å². The van der Waals surface area contributed by atoms with Gasteiger partial charge in [0, 0.05) is 41.3 Å². The molecule has 0 fully saturated rings. The molecule has 7 heteroatoms. The number of pyridine rings is 2. The van der Waals surface area contributed by atoms with E-state index in [1.807, 2.05) is 36.8 Å². The van der Waals surface area contributed by atoms with Gasteiger partial charge in [0.05, 0.1) is 19.3 Å². The van der Waals surface area contributed by atoms with E-state index >= 15 is 0 Å². The maximum Gasteiger partial charge on any atom is 0.213 e. The number of aromatic nitrogens is 4. The summed E-state index contributed by atoms with van der Waals surface area (Å²) < 4.78 is 5.15. The van der Waals surface area contributed by atoms with E-state index in [0.29, 0.717) is 12.4 Å². The normalized spacial score (nSPS) is 11.0. The van der Waals surface area contributed by atoms with Gasteiger partial charge < -0.3 is 15.0 Å². The number of methoxy groups -OCH3 is 1. The van der Waals surface area contributed by atoms with Crippen LogP contribution in [-0.2, 0) is 13.0 Å². The van der Waals surface area contributed by atoms with Crippen molar-refractivity contribution in [1.29, 1.82) is 0 Å². The van der Waals surface area contributed by atoms with Crippen LogP contribution in [0.5, 0.6) is 5.88 Å². The maximum absolute atomic E-state index is 5.15. The monoisotopic (exact) mass is 365 g/mol. The van der Waals surface area contributed by atoms with E-state index in [1.165, 1.54) is 15.8 Å². The van der Waals surface area contributed by atoms with Crippen LogP contribution in [0.1, 0.15) is 21.7 Å². The van der Waals surface area contributed by atoms with Crippen molar-refractivity contribution in [3.63, 3.8) is 0 Å². The van der Waals surface area contributed by atoms with Gasteiger partial charge in [0.25, 0.3) is 0 Å². The fraction of sp³-hybridized carbons (Fsp3) is 0.211. The lowest BCUT2D eigenvalue weighted by atomic mass is 10.1. The number of hydrogen-bond donors (Lipinski definition) is 2. The Bertz CT molecular complexity index is 1040. The number of ether oxygens (including phenoxy) is 1. The van der Waals surface area contributed by atoms with E-state index in [0.717, 1.165) is 28.5 Å². The van der Waals surface area contributed by atoms with Crippen LogP contribution in [0.15, 0.2) is 42.9 Å². The van der Waals surface area contributed by atoms with Crippen LogP contribution >= 0.6 is 11.3 Å². The van der Waals surface area contributed by atoms with Gasteiger partial charge in [0.1, 0.15) is 5.65 Å². The van der Waals surface area contributed by atoms with Crippen LogP contribution in [0.4, 0.5) is 5.13 Å². The second-order valence-electron chi connectivity index (χ2n) is 6.06. The number of nitrogens with zero attached hydrogens (tertiary/aromatic N) is 3. The summed E-state index contributed by atoms with van der Waals surface area (Å²) in [6, 6.07) is 7.90. The first-order valence-electron chi connectivity index (χ1n) is 8.32. The molecule has 0 aromatic carbocycles. The number of thiazole rings is 1. The molecular weight excluding hydrogens is 346 g/mol. The minimum atomic E-state index is 0.611. The van der Waals surface area contributed by atoms with Gasteiger partial charge in [-0.15, -0.1) is 11.3 Å². The first kappa shape index (κ1) is 16.5. The predicted octanol–water partition coefficient (Wildman–Crippen LogP) is 3.93. The molecule has 0 saturated carbocycles. The average Bonchev–Trinajstić information content (AvgIpc) is 3.27. The quantitative estimate of drug-likeness (QED) is 0.541. The van der Waals surface area contributed by atoms with E-state index in [2.05, 4.69) is 38.2 Å². The van der Waals surface area contributed by atoms with Crippen LogP contribution in [0.25, 0.3) is 11.0 Å². The largest absolute Gasteiger partial charge is 0.481 e. The molecule has 0 aliphatic heterocycles. The Hall–Kier alpha value is -2.93. The smallest absolute Gasteiger partial charge is 0.213 e. The lowest BCUT2D eigenvalue weighted by Gasteiger charge is -2.04. The summed E-state index contributed by atoms with van der Waals surface area (Å²) >= 11 is 1.66. The van der Waals surface area contributed by atoms with E-state index in [1.54, 1.807) is 18.4 Å². The molecule has 4 aromatic rings. The highest BCUT2D eigenvalue weighted by molar-refractivity contribution is 7.15. The molecule has 0 aliphatic carbocycles. The molecule has 0 bridgehead atoms. The minimum Gasteiger partial charge on any atom is -0.481 e. The molecule has 4 heterocycles. The predicted molar refractivity (Wildman–Crippen MR) is 104 cm³/mol. The van der Waals surface area contributed by atoms with Gasteiger partial charge in [-0.1, -0.05) is 6.07 Å². The summed E-state index contributed by atoms with van der Waals surface area (Å²) in [7, 11) is 1.62. The number of H-pyrrole nitrogens is 1. The summed E-state index contributed by atoms with van der Waals surface area (Å²) in [6.07, 6.45) is 6.67. The van der Waals surface area contributed by atoms with Gasteiger partial charge in [-0.05, 0) is 30.2 Å². The van der Waals surface area contributed by atoms with Crippen molar-refractivity contribution in [1.82, 2.24) is 19.9 Å². The van der Waals surface area contributed by atoms with Crippen molar-refractivity contribution in [2.45, 2.75) is 19.9 Å². The first-order chi connectivity index (χ1) is 12.7. The lowest BCUT2D eigenvalue weighted by Crippen LogP contribution is -2.01. The second-order valence-corrected chi connectivity index (χ2v) is 7.17. The molecule has 0 radical (unpaired) electrons. The second kappa shape index (κ2) is 7.13. The maximum atomic E-state index is 5.15. The van der Waals surface area contributed by atoms with Crippen LogP contribution in [-0.4, -0.2) is 27.0 Å². The van der Waals surface area contributed by atoms with Gasteiger partial charge >= 0.3 is 0 Å². The van der Waals surface area contributed by atoms with E-state index in [9.17, 15) is 0 Å². The van der Waals surface area contributed by atoms with Gasteiger partial charge in [-0.3, -0.25) is 0 Å². The van der Waals surface area contributed by atoms with Crippen LogP contribution in [0.2, 0.25) is 0 Å². The van der Waals surface area contributed by atoms with Crippen molar-refractivity contribution in [2.75, 3.05) is 12.4 Å². The Labute approximate surface area is 155 Å². The molecule has 4 aromatic heterocycles. The van der Waals surface area contributed by atoms with E-state index in [-0.39, 0.29) is 0 Å². The fourth-order valence-corrected chi connectivity index (χ4v) is 3.63. The SMILES string of the molecule is COc1cccc(CNc2ncc(Cc3c[nH]c4ncc(C)cc34)s2)n1. The Morgan fingerprint density at radius 2 is 2.15 bits per heavy atom. The molecule has 0 aliphatic rings. The molecule has 6 nitrogen and oxygen atoms in total. The van der Waals surface area contributed by atoms with E-state index < -0.39 is 0 Å². The molecule has 2 N–H and O–H groups in total. The summed E-state index contributed by atoms with van der Waals surface area (Å²) in [6.45, 7) is 2.67. The van der Waals surface area contributed by atoms with Crippen LogP contribution in [0, 0.1) is 6.92 Å². The van der Waals surface area contributed by atoms with Crippen molar-refractivity contribution in [2.24, 2.45) is 0 Å². The van der Waals surface area contributed by atoms with Gasteiger partial charge in [0.2, 0.25) is 5.88 Å². The topological polar surface area (TPSA) is 75.7 Å². The zero-order valence-electron chi connectivity index (χ0n) is 14.6. The Morgan fingerprint density at radius 3 is 3.04 bits per heavy atom. The lowest BCUT2D eigenvalue weighted by molar-refractivity contribution is 0.396. The highest BCUT2D eigenvalue weighted by atomic mass is 32.1. The molecule has 0 spiro atoms. The zero-order valence-corrected chi connectivity index (χ0v) is 15.4. The number of anilines is 1. The number of hydrogen-bond acceptors (Lipinski definition) is 6. The van der Waals surface area contributed by atoms with Crippen LogP contribution in [0.3, 0.4) is 0 Å². The molecule has 26 heavy (non-hydrogen) atoms. The van der Waals surface area contributed by atoms with E-state index in [4.69, 9.17) is 4.74 Å². The number of aromatic amines is 1. The Morgan fingerprint density at radius 1 is 1.23 bits per heavy atom. The standard InChI is InChI=1S/C19H19N5OS/c1-12-6-16-13(9-21-18(16)20-8-12)7-15-11-23-19(26-15)22-10-14-4-3-5-17(24-14)25-2/h3-6,8-9,11H,7,10H2,1-2H3,(H,20,21)(H,22,23). The molecular formula is C19H19N5OS. The van der Waals surface area contributed by atoms with Gasteiger partial charge in [-0.2, -0.15) is 0 Å². The van der Waals surface area contributed by atoms with Gasteiger partial charge in [0.15, 0.2) is 5.13 Å². The average molecular weight is 365 g/mol. The summed E-state index contributed by atoms with van der Waals surface area (Å²) in [4.78, 5) is 17.7. The number of rotatable bonds is 6. The zero-order chi connectivity index (χ0) is 17.9. The number of nitrogens with one attached hydrogen (secondary N) is 2.